The van der Waals surface area contributed by atoms with Crippen LogP contribution < -0.4 is 28.1 Å². The summed E-state index contributed by atoms with van der Waals surface area (Å²) in [5.74, 6) is 0.395. The maximum atomic E-state index is 6.60. The Balaban J connectivity index is 0.00000257. The molecule has 0 fully saturated rings. The molecule has 6 aromatic rings. The van der Waals surface area contributed by atoms with E-state index in [0.717, 1.165) is 29.3 Å². The summed E-state index contributed by atoms with van der Waals surface area (Å²) < 4.78 is 4.72. The molecule has 0 N–H and O–H groups in total. The molecule has 0 saturated heterocycles. The average molecular weight is 878 g/mol. The molecule has 0 saturated carbocycles. The molecule has 55 heavy (non-hydrogen) atoms. The van der Waals surface area contributed by atoms with Crippen molar-refractivity contribution in [3.8, 4) is 33.4 Å². The predicted molar refractivity (Wildman–Crippen MR) is 225 cm³/mol. The molecule has 0 spiro atoms. The molecule has 0 aromatic heterocycles. The first-order valence-electron chi connectivity index (χ1n) is 18.8. The molecule has 0 amide bonds. The summed E-state index contributed by atoms with van der Waals surface area (Å²) in [6.45, 7) is 9.43. The van der Waals surface area contributed by atoms with E-state index in [1.807, 2.05) is 0 Å². The van der Waals surface area contributed by atoms with E-state index in [-0.39, 0.29) is 30.2 Å². The Labute approximate surface area is 357 Å². The number of hydrogen-bond acceptors (Lipinski definition) is 0. The standard InChI is InChI=1S/C25H17.C13H8Cl2.C12H19.2ClH.Zr/c1-3-7-18(8-4-1)20-11-13-24-22(15-20)17-23-16-21(12-14-25(23)24)19-9-5-2-6-10-19;14-12-5-1-10(2-6-12)9-11-3-7-13(15)8-4-11;1-5-6-10-7-8-11(9-10)12(2,3)4;;;/h1-15H,17H2;1-8H;8-10H,5-6H2,1-4H3;2*1H;/q;;;;;+2/p-2. The van der Waals surface area contributed by atoms with Crippen molar-refractivity contribution < 1.29 is 46.1 Å². The van der Waals surface area contributed by atoms with Crippen LogP contribution in [-0.4, -0.2) is 3.21 Å². The fourth-order valence-electron chi connectivity index (χ4n) is 8.24. The Morgan fingerprint density at radius 3 is 1.75 bits per heavy atom. The van der Waals surface area contributed by atoms with Gasteiger partial charge in [0.15, 0.2) is 0 Å². The Morgan fingerprint density at radius 2 is 1.18 bits per heavy atom. The topological polar surface area (TPSA) is 0 Å². The van der Waals surface area contributed by atoms with E-state index in [4.69, 9.17) is 23.2 Å². The number of fused-ring (bicyclic) bond motifs is 3. The third-order valence-electron chi connectivity index (χ3n) is 10.9. The minimum absolute atomic E-state index is 0. The summed E-state index contributed by atoms with van der Waals surface area (Å²) in [7, 11) is 0. The van der Waals surface area contributed by atoms with E-state index >= 15 is 0 Å². The van der Waals surface area contributed by atoms with Gasteiger partial charge in [0.2, 0.25) is 0 Å². The summed E-state index contributed by atoms with van der Waals surface area (Å²) in [6, 6.07) is 51.1. The van der Waals surface area contributed by atoms with Gasteiger partial charge in [0.1, 0.15) is 0 Å². The van der Waals surface area contributed by atoms with Crippen LogP contribution in [0.25, 0.3) is 33.4 Å². The van der Waals surface area contributed by atoms with Gasteiger partial charge < -0.3 is 24.8 Å². The van der Waals surface area contributed by atoms with Gasteiger partial charge in [-0.05, 0) is 0 Å². The van der Waals surface area contributed by atoms with E-state index in [1.54, 1.807) is 6.55 Å². The van der Waals surface area contributed by atoms with Crippen molar-refractivity contribution in [2.45, 2.75) is 47.0 Å². The molecule has 0 aliphatic heterocycles. The molecule has 5 heteroatoms. The first-order chi connectivity index (χ1) is 25.7. The summed E-state index contributed by atoms with van der Waals surface area (Å²) in [4.78, 5) is 0. The quantitative estimate of drug-likeness (QED) is 0.147. The molecular formula is C50H44Cl4Zr. The van der Waals surface area contributed by atoms with Gasteiger partial charge >= 0.3 is 335 Å². The van der Waals surface area contributed by atoms with E-state index in [0.29, 0.717) is 5.92 Å². The van der Waals surface area contributed by atoms with E-state index in [1.165, 1.54) is 64.4 Å². The minimum atomic E-state index is -3.18. The fraction of sp³-hybridized carbons (Fsp3) is 0.180. The molecule has 0 heterocycles. The van der Waals surface area contributed by atoms with Crippen molar-refractivity contribution in [1.82, 2.24) is 0 Å². The zero-order valence-electron chi connectivity index (χ0n) is 31.6. The first-order valence-corrected chi connectivity index (χ1v) is 23.2. The molecule has 0 bridgehead atoms. The molecule has 2 aliphatic carbocycles. The van der Waals surface area contributed by atoms with Crippen molar-refractivity contribution in [3.05, 3.63) is 193 Å². The van der Waals surface area contributed by atoms with Crippen molar-refractivity contribution >= 4 is 29.7 Å². The number of benzene rings is 6. The van der Waals surface area contributed by atoms with Crippen molar-refractivity contribution in [1.29, 1.82) is 0 Å². The second-order valence-corrected chi connectivity index (χ2v) is 22.0. The van der Waals surface area contributed by atoms with Gasteiger partial charge in [-0.2, -0.15) is 0 Å². The zero-order valence-corrected chi connectivity index (χ0v) is 37.1. The van der Waals surface area contributed by atoms with Gasteiger partial charge in [-0.3, -0.25) is 0 Å². The molecule has 0 radical (unpaired) electrons. The molecule has 1 unspecified atom stereocenters. The van der Waals surface area contributed by atoms with Crippen molar-refractivity contribution in [2.24, 2.45) is 11.3 Å². The molecule has 2 aliphatic rings. The predicted octanol–water partition coefficient (Wildman–Crippen LogP) is 7.71. The van der Waals surface area contributed by atoms with Crippen LogP contribution in [0.4, 0.5) is 0 Å². The third kappa shape index (κ3) is 8.40. The van der Waals surface area contributed by atoms with Gasteiger partial charge in [-0.25, -0.2) is 0 Å². The van der Waals surface area contributed by atoms with Crippen LogP contribution in [0.1, 0.15) is 62.8 Å². The van der Waals surface area contributed by atoms with Crippen LogP contribution in [0.5, 0.6) is 0 Å². The molecular weight excluding hydrogens is 834 g/mol. The maximum absolute atomic E-state index is 6.60. The summed E-state index contributed by atoms with van der Waals surface area (Å²) in [5, 5.41) is 1.51. The molecule has 6 aromatic carbocycles. The Hall–Kier alpha value is -3.29. The van der Waals surface area contributed by atoms with Crippen LogP contribution in [0, 0.1) is 11.3 Å². The van der Waals surface area contributed by atoms with E-state index in [9.17, 15) is 0 Å². The van der Waals surface area contributed by atoms with Crippen LogP contribution in [0.2, 0.25) is 10.0 Å². The van der Waals surface area contributed by atoms with Crippen LogP contribution in [-0.2, 0) is 27.7 Å². The maximum Gasteiger partial charge on any atom is -1.00 e. The second kappa shape index (κ2) is 17.5. The summed E-state index contributed by atoms with van der Waals surface area (Å²) in [5.41, 5.74) is 14.9. The molecule has 276 valence electrons. The Bertz CT molecular complexity index is 2350. The second-order valence-electron chi connectivity index (χ2n) is 15.4. The summed E-state index contributed by atoms with van der Waals surface area (Å²) >= 11 is 10.0. The average Bonchev–Trinajstić information content (AvgIpc) is 3.77. The van der Waals surface area contributed by atoms with Crippen LogP contribution in [0.15, 0.2) is 161 Å². The number of rotatable bonds is 8. The molecule has 8 rings (SSSR count). The molecule has 1 atom stereocenters. The summed E-state index contributed by atoms with van der Waals surface area (Å²) in [6.07, 6.45) is 8.46. The smallest absolute Gasteiger partial charge is 1.00 e. The van der Waals surface area contributed by atoms with Crippen molar-refractivity contribution in [2.75, 3.05) is 0 Å². The monoisotopic (exact) mass is 874 g/mol. The van der Waals surface area contributed by atoms with Gasteiger partial charge in [0.25, 0.3) is 0 Å². The Morgan fingerprint density at radius 1 is 0.636 bits per heavy atom. The third-order valence-corrected chi connectivity index (χ3v) is 19.3. The SMILES string of the molecule is CCCC1C=C(C(C)(C)C)C=[C]1[Zr+2](=[C](c1ccc(Cl)cc1)c1ccc(Cl)cc1)[c]1c(-c2ccccc2)ccc2c1Cc1cc(-c3ccccc3)ccc1-2.[Cl-].[Cl-]. The van der Waals surface area contributed by atoms with Gasteiger partial charge in [-0.15, -0.1) is 0 Å². The number of hydrogen-bond donors (Lipinski definition) is 0. The largest absolute Gasteiger partial charge is 1.00 e. The fourth-order valence-corrected chi connectivity index (χ4v) is 17.5. The Kier molecular flexibility index (Phi) is 13.1. The number of allylic oxidation sites excluding steroid dienone is 4. The molecule has 0 nitrogen and oxygen atoms in total. The van der Waals surface area contributed by atoms with Gasteiger partial charge in [0, 0.05) is 0 Å². The van der Waals surface area contributed by atoms with Gasteiger partial charge in [-0.1, -0.05) is 0 Å². The zero-order chi connectivity index (χ0) is 36.7. The van der Waals surface area contributed by atoms with E-state index in [2.05, 4.69) is 179 Å². The van der Waals surface area contributed by atoms with Crippen molar-refractivity contribution in [3.63, 3.8) is 0 Å². The van der Waals surface area contributed by atoms with Gasteiger partial charge in [0.05, 0.1) is 0 Å². The van der Waals surface area contributed by atoms with Crippen LogP contribution in [0.3, 0.4) is 0 Å². The van der Waals surface area contributed by atoms with E-state index < -0.39 is 21.3 Å². The minimum Gasteiger partial charge on any atom is -1.00 e. The normalized spacial score (nSPS) is 14.0. The van der Waals surface area contributed by atoms with Crippen LogP contribution >= 0.6 is 23.2 Å². The first kappa shape index (κ1) is 41.3. The number of halogens is 4.